The van der Waals surface area contributed by atoms with E-state index in [-0.39, 0.29) is 17.9 Å². The van der Waals surface area contributed by atoms with Crippen molar-refractivity contribution in [2.75, 3.05) is 39.3 Å². The van der Waals surface area contributed by atoms with E-state index in [4.69, 9.17) is 4.42 Å². The Labute approximate surface area is 159 Å². The van der Waals surface area contributed by atoms with Gasteiger partial charge in [-0.05, 0) is 24.5 Å². The molecule has 2 aliphatic rings. The van der Waals surface area contributed by atoms with E-state index in [2.05, 4.69) is 4.90 Å². The first-order valence-corrected chi connectivity index (χ1v) is 9.63. The number of carbonyl (C=O) groups excluding carboxylic acids is 2. The summed E-state index contributed by atoms with van der Waals surface area (Å²) in [6, 6.07) is 11.4. The van der Waals surface area contributed by atoms with Gasteiger partial charge in [0, 0.05) is 39.3 Å². The highest BCUT2D eigenvalue weighted by atomic mass is 16.3. The molecule has 0 radical (unpaired) electrons. The number of likely N-dealkylation sites (tertiary alicyclic amines) is 1. The second kappa shape index (κ2) is 7.96. The molecule has 2 amide bonds. The lowest BCUT2D eigenvalue weighted by atomic mass is 10.0. The highest BCUT2D eigenvalue weighted by Crippen LogP contribution is 2.26. The Morgan fingerprint density at radius 3 is 2.19 bits per heavy atom. The number of piperazine rings is 1. The Bertz CT molecular complexity index is 761. The third kappa shape index (κ3) is 3.76. The molecule has 1 aromatic heterocycles. The van der Waals surface area contributed by atoms with Crippen LogP contribution in [0.25, 0.3) is 0 Å². The molecule has 2 aliphatic heterocycles. The summed E-state index contributed by atoms with van der Waals surface area (Å²) in [5.74, 6) is 0.179. The standard InChI is InChI=1S/C21H25N3O3/c25-20(18-8-15-27-16-18)24-13-11-22(12-14-24)19(17-6-2-1-3-7-17)21(26)23-9-4-5-10-23/h1-3,6-8,15-16,19H,4-5,9-14H2. The van der Waals surface area contributed by atoms with Crippen molar-refractivity contribution in [3.63, 3.8) is 0 Å². The number of hydrogen-bond acceptors (Lipinski definition) is 4. The lowest BCUT2D eigenvalue weighted by Crippen LogP contribution is -2.52. The van der Waals surface area contributed by atoms with Crippen LogP contribution < -0.4 is 0 Å². The molecular weight excluding hydrogens is 342 g/mol. The maximum Gasteiger partial charge on any atom is 0.257 e. The molecule has 3 heterocycles. The van der Waals surface area contributed by atoms with Crippen LogP contribution in [0.4, 0.5) is 0 Å². The van der Waals surface area contributed by atoms with E-state index in [0.29, 0.717) is 31.7 Å². The van der Waals surface area contributed by atoms with Gasteiger partial charge in [0.05, 0.1) is 11.8 Å². The highest BCUT2D eigenvalue weighted by Gasteiger charge is 2.35. The van der Waals surface area contributed by atoms with E-state index in [0.717, 1.165) is 31.5 Å². The second-order valence-corrected chi connectivity index (χ2v) is 7.19. The number of benzene rings is 1. The molecule has 0 saturated carbocycles. The van der Waals surface area contributed by atoms with Crippen molar-refractivity contribution >= 4 is 11.8 Å². The minimum absolute atomic E-state index is 0.00877. The van der Waals surface area contributed by atoms with Crippen LogP contribution in [0.15, 0.2) is 53.3 Å². The molecule has 1 atom stereocenters. The zero-order valence-electron chi connectivity index (χ0n) is 15.4. The lowest BCUT2D eigenvalue weighted by Gasteiger charge is -2.39. The molecule has 4 rings (SSSR count). The molecule has 0 aliphatic carbocycles. The topological polar surface area (TPSA) is 57.0 Å². The molecule has 0 bridgehead atoms. The Morgan fingerprint density at radius 1 is 0.852 bits per heavy atom. The third-order valence-electron chi connectivity index (χ3n) is 5.50. The molecule has 27 heavy (non-hydrogen) atoms. The quantitative estimate of drug-likeness (QED) is 0.833. The van der Waals surface area contributed by atoms with Gasteiger partial charge in [0.2, 0.25) is 5.91 Å². The first kappa shape index (κ1) is 17.8. The fourth-order valence-corrected chi connectivity index (χ4v) is 4.01. The van der Waals surface area contributed by atoms with Crippen molar-refractivity contribution in [1.82, 2.24) is 14.7 Å². The van der Waals surface area contributed by atoms with E-state index in [1.54, 1.807) is 6.07 Å². The SMILES string of the molecule is O=C(c1ccoc1)N1CCN(C(C(=O)N2CCCC2)c2ccccc2)CC1. The largest absolute Gasteiger partial charge is 0.472 e. The van der Waals surface area contributed by atoms with Gasteiger partial charge in [-0.1, -0.05) is 30.3 Å². The number of furan rings is 1. The predicted molar refractivity (Wildman–Crippen MR) is 101 cm³/mol. The van der Waals surface area contributed by atoms with Gasteiger partial charge in [-0.2, -0.15) is 0 Å². The van der Waals surface area contributed by atoms with E-state index >= 15 is 0 Å². The minimum atomic E-state index is -0.268. The van der Waals surface area contributed by atoms with Crippen LogP contribution in [0.3, 0.4) is 0 Å². The number of rotatable bonds is 4. The van der Waals surface area contributed by atoms with Crippen molar-refractivity contribution in [2.24, 2.45) is 0 Å². The number of amides is 2. The molecule has 2 fully saturated rings. The maximum absolute atomic E-state index is 13.2. The summed E-state index contributed by atoms with van der Waals surface area (Å²) in [6.07, 6.45) is 5.17. The fourth-order valence-electron chi connectivity index (χ4n) is 4.01. The Hall–Kier alpha value is -2.60. The third-order valence-corrected chi connectivity index (χ3v) is 5.50. The Morgan fingerprint density at radius 2 is 1.56 bits per heavy atom. The summed E-state index contributed by atoms with van der Waals surface area (Å²) in [4.78, 5) is 31.8. The molecule has 0 N–H and O–H groups in total. The first-order chi connectivity index (χ1) is 13.2. The molecule has 0 spiro atoms. The normalized spacial score (nSPS) is 19.3. The predicted octanol–water partition coefficient (Wildman–Crippen LogP) is 2.40. The molecule has 142 valence electrons. The van der Waals surface area contributed by atoms with Crippen molar-refractivity contribution in [3.8, 4) is 0 Å². The Kier molecular flexibility index (Phi) is 5.25. The van der Waals surface area contributed by atoms with E-state index in [1.807, 2.05) is 40.1 Å². The number of nitrogens with zero attached hydrogens (tertiary/aromatic N) is 3. The molecule has 2 saturated heterocycles. The van der Waals surface area contributed by atoms with Crippen molar-refractivity contribution in [2.45, 2.75) is 18.9 Å². The zero-order valence-corrected chi connectivity index (χ0v) is 15.4. The Balaban J connectivity index is 1.48. The number of carbonyl (C=O) groups is 2. The number of hydrogen-bond donors (Lipinski definition) is 0. The summed E-state index contributed by atoms with van der Waals surface area (Å²) in [7, 11) is 0. The van der Waals surface area contributed by atoms with E-state index < -0.39 is 0 Å². The molecule has 1 unspecified atom stereocenters. The van der Waals surface area contributed by atoms with Gasteiger partial charge in [0.15, 0.2) is 0 Å². The smallest absolute Gasteiger partial charge is 0.257 e. The van der Waals surface area contributed by atoms with Crippen molar-refractivity contribution in [1.29, 1.82) is 0 Å². The molecule has 2 aromatic rings. The average molecular weight is 367 g/mol. The van der Waals surface area contributed by atoms with Crippen LogP contribution in [-0.2, 0) is 4.79 Å². The van der Waals surface area contributed by atoms with Crippen LogP contribution in [0.1, 0.15) is 34.8 Å². The van der Waals surface area contributed by atoms with Gasteiger partial charge in [0.25, 0.3) is 5.91 Å². The summed E-state index contributed by atoms with van der Waals surface area (Å²) in [5, 5.41) is 0. The maximum atomic E-state index is 13.2. The summed E-state index contributed by atoms with van der Waals surface area (Å²) < 4.78 is 5.02. The fraction of sp³-hybridized carbons (Fsp3) is 0.429. The molecule has 6 heteroatoms. The zero-order chi connectivity index (χ0) is 18.6. The first-order valence-electron chi connectivity index (χ1n) is 9.63. The van der Waals surface area contributed by atoms with Crippen LogP contribution in [0.2, 0.25) is 0 Å². The van der Waals surface area contributed by atoms with E-state index in [9.17, 15) is 9.59 Å². The highest BCUT2D eigenvalue weighted by molar-refractivity contribution is 5.94. The van der Waals surface area contributed by atoms with E-state index in [1.165, 1.54) is 12.5 Å². The lowest BCUT2D eigenvalue weighted by molar-refractivity contribution is -0.136. The van der Waals surface area contributed by atoms with Crippen molar-refractivity contribution in [3.05, 3.63) is 60.1 Å². The summed E-state index contributed by atoms with van der Waals surface area (Å²) in [6.45, 7) is 4.29. The van der Waals surface area contributed by atoms with Gasteiger partial charge >= 0.3 is 0 Å². The summed E-state index contributed by atoms with van der Waals surface area (Å²) >= 11 is 0. The van der Waals surface area contributed by atoms with Crippen LogP contribution in [-0.4, -0.2) is 65.8 Å². The molecule has 1 aromatic carbocycles. The second-order valence-electron chi connectivity index (χ2n) is 7.19. The van der Waals surface area contributed by atoms with Gasteiger partial charge in [-0.3, -0.25) is 14.5 Å². The van der Waals surface area contributed by atoms with Gasteiger partial charge in [-0.15, -0.1) is 0 Å². The monoisotopic (exact) mass is 367 g/mol. The summed E-state index contributed by atoms with van der Waals surface area (Å²) in [5.41, 5.74) is 1.61. The van der Waals surface area contributed by atoms with Gasteiger partial charge in [-0.25, -0.2) is 0 Å². The van der Waals surface area contributed by atoms with Crippen LogP contribution in [0.5, 0.6) is 0 Å². The van der Waals surface area contributed by atoms with Crippen LogP contribution >= 0.6 is 0 Å². The molecule has 6 nitrogen and oxygen atoms in total. The average Bonchev–Trinajstić information content (AvgIpc) is 3.43. The van der Waals surface area contributed by atoms with Crippen molar-refractivity contribution < 1.29 is 14.0 Å². The molecular formula is C21H25N3O3. The minimum Gasteiger partial charge on any atom is -0.472 e. The van der Waals surface area contributed by atoms with Gasteiger partial charge < -0.3 is 14.2 Å². The van der Waals surface area contributed by atoms with Gasteiger partial charge in [0.1, 0.15) is 12.3 Å². The van der Waals surface area contributed by atoms with Crippen LogP contribution in [0, 0.1) is 0 Å².